The number of carbonyl (C=O) groups excluding carboxylic acids is 1. The number of hydrogen-bond donors (Lipinski definition) is 0. The van der Waals surface area contributed by atoms with E-state index < -0.39 is 0 Å². The molecule has 0 radical (unpaired) electrons. The molecule has 2 aromatic carbocycles. The standard InChI is InChI=1S/C21H24O3/c22-21(24-16-18-4-2-1-3-5-18)11-8-17-6-9-19(10-7-17)20-12-14-23-15-13-20/h1-7,9-10,20H,8,11-16H2. The Hall–Kier alpha value is -2.13. The first-order valence-corrected chi connectivity index (χ1v) is 8.67. The van der Waals surface area contributed by atoms with Crippen LogP contribution in [0.25, 0.3) is 0 Å². The van der Waals surface area contributed by atoms with E-state index in [0.29, 0.717) is 18.9 Å². The van der Waals surface area contributed by atoms with Gasteiger partial charge in [-0.2, -0.15) is 0 Å². The summed E-state index contributed by atoms with van der Waals surface area (Å²) in [5.41, 5.74) is 3.59. The van der Waals surface area contributed by atoms with Crippen molar-refractivity contribution >= 4 is 5.97 Å². The lowest BCUT2D eigenvalue weighted by molar-refractivity contribution is -0.144. The molecule has 0 saturated carbocycles. The van der Waals surface area contributed by atoms with E-state index in [1.165, 1.54) is 11.1 Å². The van der Waals surface area contributed by atoms with Gasteiger partial charge in [-0.15, -0.1) is 0 Å². The van der Waals surface area contributed by atoms with Gasteiger partial charge in [-0.3, -0.25) is 4.79 Å². The Morgan fingerprint density at radius 2 is 1.67 bits per heavy atom. The van der Waals surface area contributed by atoms with Gasteiger partial charge in [0.1, 0.15) is 6.61 Å². The zero-order valence-corrected chi connectivity index (χ0v) is 13.9. The summed E-state index contributed by atoms with van der Waals surface area (Å²) in [5.74, 6) is 0.469. The van der Waals surface area contributed by atoms with Gasteiger partial charge in [-0.05, 0) is 41.9 Å². The van der Waals surface area contributed by atoms with Crippen molar-refractivity contribution in [1.82, 2.24) is 0 Å². The maximum atomic E-state index is 11.9. The van der Waals surface area contributed by atoms with Gasteiger partial charge in [-0.25, -0.2) is 0 Å². The molecule has 1 saturated heterocycles. The monoisotopic (exact) mass is 324 g/mol. The molecule has 0 unspecified atom stereocenters. The average Bonchev–Trinajstić information content (AvgIpc) is 2.67. The highest BCUT2D eigenvalue weighted by atomic mass is 16.5. The van der Waals surface area contributed by atoms with E-state index in [1.807, 2.05) is 30.3 Å². The van der Waals surface area contributed by atoms with Gasteiger partial charge in [0.25, 0.3) is 0 Å². The minimum absolute atomic E-state index is 0.146. The highest BCUT2D eigenvalue weighted by molar-refractivity contribution is 5.69. The van der Waals surface area contributed by atoms with E-state index in [0.717, 1.165) is 38.0 Å². The molecule has 2 aromatic rings. The zero-order valence-electron chi connectivity index (χ0n) is 13.9. The second-order valence-electron chi connectivity index (χ2n) is 6.27. The predicted octanol–water partition coefficient (Wildman–Crippen LogP) is 4.26. The Kier molecular flexibility index (Phi) is 6.02. The van der Waals surface area contributed by atoms with Gasteiger partial charge < -0.3 is 9.47 Å². The van der Waals surface area contributed by atoms with Crippen molar-refractivity contribution in [3.63, 3.8) is 0 Å². The summed E-state index contributed by atoms with van der Waals surface area (Å²) in [6.45, 7) is 2.07. The summed E-state index contributed by atoms with van der Waals surface area (Å²) in [6.07, 6.45) is 3.35. The number of esters is 1. The van der Waals surface area contributed by atoms with E-state index in [2.05, 4.69) is 24.3 Å². The lowest BCUT2D eigenvalue weighted by atomic mass is 9.91. The van der Waals surface area contributed by atoms with Crippen LogP contribution < -0.4 is 0 Å². The molecule has 3 heteroatoms. The molecule has 0 spiro atoms. The minimum Gasteiger partial charge on any atom is -0.461 e. The minimum atomic E-state index is -0.146. The van der Waals surface area contributed by atoms with Gasteiger partial charge >= 0.3 is 5.97 Å². The molecular weight excluding hydrogens is 300 g/mol. The second kappa shape index (κ2) is 8.65. The molecule has 1 heterocycles. The molecule has 3 rings (SSSR count). The van der Waals surface area contributed by atoms with Crippen LogP contribution in [0.4, 0.5) is 0 Å². The van der Waals surface area contributed by atoms with Crippen LogP contribution in [0.2, 0.25) is 0 Å². The molecule has 3 nitrogen and oxygen atoms in total. The third-order valence-corrected chi connectivity index (χ3v) is 4.53. The molecule has 1 aliphatic rings. The molecule has 24 heavy (non-hydrogen) atoms. The number of aryl methyl sites for hydroxylation is 1. The fraction of sp³-hybridized carbons (Fsp3) is 0.381. The van der Waals surface area contributed by atoms with Crippen molar-refractivity contribution in [1.29, 1.82) is 0 Å². The number of carbonyl (C=O) groups is 1. The zero-order chi connectivity index (χ0) is 16.6. The van der Waals surface area contributed by atoms with Crippen LogP contribution in [0, 0.1) is 0 Å². The van der Waals surface area contributed by atoms with E-state index in [-0.39, 0.29) is 5.97 Å². The van der Waals surface area contributed by atoms with Gasteiger partial charge in [-0.1, -0.05) is 54.6 Å². The Balaban J connectivity index is 1.43. The first-order chi connectivity index (χ1) is 11.8. The third kappa shape index (κ3) is 4.93. The molecule has 0 atom stereocenters. The maximum absolute atomic E-state index is 11.9. The topological polar surface area (TPSA) is 35.5 Å². The van der Waals surface area contributed by atoms with Crippen LogP contribution in [0.15, 0.2) is 54.6 Å². The Morgan fingerprint density at radius 3 is 2.38 bits per heavy atom. The highest BCUT2D eigenvalue weighted by Crippen LogP contribution is 2.27. The van der Waals surface area contributed by atoms with Crippen LogP contribution in [0.1, 0.15) is 41.9 Å². The molecule has 0 bridgehead atoms. The van der Waals surface area contributed by atoms with E-state index >= 15 is 0 Å². The smallest absolute Gasteiger partial charge is 0.306 e. The fourth-order valence-corrected chi connectivity index (χ4v) is 3.04. The molecular formula is C21H24O3. The first-order valence-electron chi connectivity index (χ1n) is 8.67. The van der Waals surface area contributed by atoms with Crippen molar-refractivity contribution in [2.75, 3.05) is 13.2 Å². The highest BCUT2D eigenvalue weighted by Gasteiger charge is 2.15. The average molecular weight is 324 g/mol. The van der Waals surface area contributed by atoms with Crippen molar-refractivity contribution in [2.24, 2.45) is 0 Å². The van der Waals surface area contributed by atoms with Crippen LogP contribution in [-0.2, 0) is 27.3 Å². The lowest BCUT2D eigenvalue weighted by Gasteiger charge is -2.22. The summed E-state index contributed by atoms with van der Waals surface area (Å²) in [5, 5.41) is 0. The van der Waals surface area contributed by atoms with E-state index in [9.17, 15) is 4.79 Å². The second-order valence-corrected chi connectivity index (χ2v) is 6.27. The van der Waals surface area contributed by atoms with Crippen molar-refractivity contribution in [3.8, 4) is 0 Å². The van der Waals surface area contributed by atoms with Crippen molar-refractivity contribution in [2.45, 2.75) is 38.2 Å². The Bertz CT molecular complexity index is 628. The summed E-state index contributed by atoms with van der Waals surface area (Å²) < 4.78 is 10.7. The van der Waals surface area contributed by atoms with Crippen molar-refractivity contribution in [3.05, 3.63) is 71.3 Å². The van der Waals surface area contributed by atoms with Crippen molar-refractivity contribution < 1.29 is 14.3 Å². The SMILES string of the molecule is O=C(CCc1ccc(C2CCOCC2)cc1)OCc1ccccc1. The fourth-order valence-electron chi connectivity index (χ4n) is 3.04. The number of rotatable bonds is 6. The Morgan fingerprint density at radius 1 is 0.958 bits per heavy atom. The normalized spacial score (nSPS) is 15.2. The van der Waals surface area contributed by atoms with Crippen LogP contribution in [-0.4, -0.2) is 19.2 Å². The number of ether oxygens (including phenoxy) is 2. The molecule has 126 valence electrons. The van der Waals surface area contributed by atoms with Gasteiger partial charge in [0.05, 0.1) is 0 Å². The van der Waals surface area contributed by atoms with Crippen LogP contribution in [0.3, 0.4) is 0 Å². The third-order valence-electron chi connectivity index (χ3n) is 4.53. The quantitative estimate of drug-likeness (QED) is 0.745. The molecule has 0 amide bonds. The summed E-state index contributed by atoms with van der Waals surface area (Å²) in [4.78, 5) is 11.9. The summed E-state index contributed by atoms with van der Waals surface area (Å²) in [6, 6.07) is 18.4. The molecule has 0 N–H and O–H groups in total. The van der Waals surface area contributed by atoms with E-state index in [4.69, 9.17) is 9.47 Å². The first kappa shape index (κ1) is 16.7. The molecule has 0 aromatic heterocycles. The lowest BCUT2D eigenvalue weighted by Crippen LogP contribution is -2.14. The van der Waals surface area contributed by atoms with Crippen LogP contribution in [0.5, 0.6) is 0 Å². The maximum Gasteiger partial charge on any atom is 0.306 e. The van der Waals surface area contributed by atoms with Gasteiger partial charge in [0.2, 0.25) is 0 Å². The molecule has 1 aliphatic heterocycles. The largest absolute Gasteiger partial charge is 0.461 e. The predicted molar refractivity (Wildman–Crippen MR) is 93.8 cm³/mol. The molecule has 1 fully saturated rings. The Labute approximate surface area is 143 Å². The van der Waals surface area contributed by atoms with Crippen LogP contribution >= 0.6 is 0 Å². The van der Waals surface area contributed by atoms with E-state index in [1.54, 1.807) is 0 Å². The number of hydrogen-bond acceptors (Lipinski definition) is 3. The van der Waals surface area contributed by atoms with Gasteiger partial charge in [0.15, 0.2) is 0 Å². The summed E-state index contributed by atoms with van der Waals surface area (Å²) in [7, 11) is 0. The number of benzene rings is 2. The summed E-state index contributed by atoms with van der Waals surface area (Å²) >= 11 is 0. The molecule has 0 aliphatic carbocycles. The van der Waals surface area contributed by atoms with Gasteiger partial charge in [0, 0.05) is 19.6 Å².